The van der Waals surface area contributed by atoms with Gasteiger partial charge in [0.25, 0.3) is 0 Å². The zero-order valence-electron chi connectivity index (χ0n) is 16.5. The summed E-state index contributed by atoms with van der Waals surface area (Å²) in [7, 11) is 0. The van der Waals surface area contributed by atoms with Crippen molar-refractivity contribution in [1.29, 1.82) is 0 Å². The molecule has 142 valence electrons. The van der Waals surface area contributed by atoms with E-state index in [9.17, 15) is 0 Å². The lowest BCUT2D eigenvalue weighted by atomic mass is 9.51. The lowest BCUT2D eigenvalue weighted by Crippen LogP contribution is -2.48. The van der Waals surface area contributed by atoms with Crippen LogP contribution in [0.15, 0.2) is 18.5 Å². The Labute approximate surface area is 157 Å². The molecule has 3 aliphatic carbocycles. The summed E-state index contributed by atoms with van der Waals surface area (Å²) in [5.74, 6) is 3.48. The SMILES string of the molecule is C[C@]12CCCNC[C@@H]1CCC[C@H]1[C@@H]2CC[C@]2(C)C(n3ccnn3)=CC[C@@H]12. The minimum absolute atomic E-state index is 0.286. The van der Waals surface area contributed by atoms with Crippen LogP contribution in [-0.4, -0.2) is 28.1 Å². The molecule has 2 saturated carbocycles. The highest BCUT2D eigenvalue weighted by molar-refractivity contribution is 5.55. The molecule has 6 atom stereocenters. The summed E-state index contributed by atoms with van der Waals surface area (Å²) in [6, 6.07) is 0. The summed E-state index contributed by atoms with van der Waals surface area (Å²) >= 11 is 0. The van der Waals surface area contributed by atoms with Crippen molar-refractivity contribution < 1.29 is 0 Å². The van der Waals surface area contributed by atoms with Gasteiger partial charge >= 0.3 is 0 Å². The molecule has 4 nitrogen and oxygen atoms in total. The van der Waals surface area contributed by atoms with Crippen LogP contribution < -0.4 is 5.32 Å². The van der Waals surface area contributed by atoms with Crippen molar-refractivity contribution in [3.8, 4) is 0 Å². The van der Waals surface area contributed by atoms with Gasteiger partial charge in [-0.3, -0.25) is 0 Å². The molecule has 3 fully saturated rings. The standard InChI is InChI=1S/C22H34N4/c1-21-10-4-12-23-15-16(21)5-3-6-17-18-7-8-20(26-14-13-24-25-26)22(18,2)11-9-19(17)21/h8,13-14,16-19,23H,3-7,9-12,15H2,1-2H3/t16-,17+,18-,19-,21-,22-/m0/s1. The Hall–Kier alpha value is -1.16. The fourth-order valence-corrected chi connectivity index (χ4v) is 7.57. The number of allylic oxidation sites excluding steroid dienone is 2. The maximum atomic E-state index is 4.34. The summed E-state index contributed by atoms with van der Waals surface area (Å²) in [5, 5.41) is 12.2. The summed E-state index contributed by atoms with van der Waals surface area (Å²) in [5.41, 5.74) is 2.25. The minimum atomic E-state index is 0.286. The summed E-state index contributed by atoms with van der Waals surface area (Å²) in [6.07, 6.45) is 17.4. The molecule has 1 aliphatic heterocycles. The molecule has 0 aromatic carbocycles. The first-order valence-electron chi connectivity index (χ1n) is 10.9. The molecule has 4 heteroatoms. The van der Waals surface area contributed by atoms with Crippen molar-refractivity contribution in [1.82, 2.24) is 20.3 Å². The molecule has 26 heavy (non-hydrogen) atoms. The van der Waals surface area contributed by atoms with Crippen LogP contribution in [0.25, 0.3) is 5.70 Å². The summed E-state index contributed by atoms with van der Waals surface area (Å²) < 4.78 is 2.05. The monoisotopic (exact) mass is 354 g/mol. The van der Waals surface area contributed by atoms with E-state index in [1.807, 2.05) is 12.4 Å². The van der Waals surface area contributed by atoms with E-state index < -0.39 is 0 Å². The maximum absolute atomic E-state index is 4.34. The van der Waals surface area contributed by atoms with Crippen LogP contribution in [0.1, 0.15) is 65.2 Å². The average molecular weight is 355 g/mol. The van der Waals surface area contributed by atoms with Crippen LogP contribution >= 0.6 is 0 Å². The van der Waals surface area contributed by atoms with Gasteiger partial charge in [-0.15, -0.1) is 5.10 Å². The maximum Gasteiger partial charge on any atom is 0.0697 e. The molecule has 1 aromatic rings. The van der Waals surface area contributed by atoms with E-state index >= 15 is 0 Å². The number of aromatic nitrogens is 3. The van der Waals surface area contributed by atoms with Gasteiger partial charge in [-0.1, -0.05) is 31.6 Å². The van der Waals surface area contributed by atoms with Gasteiger partial charge < -0.3 is 5.32 Å². The number of fused-ring (bicyclic) bond motifs is 5. The van der Waals surface area contributed by atoms with E-state index in [4.69, 9.17) is 0 Å². The first kappa shape index (κ1) is 17.0. The van der Waals surface area contributed by atoms with Crippen molar-refractivity contribution in [2.75, 3.05) is 13.1 Å². The summed E-state index contributed by atoms with van der Waals surface area (Å²) in [6.45, 7) is 7.66. The first-order valence-corrected chi connectivity index (χ1v) is 10.9. The van der Waals surface area contributed by atoms with E-state index in [1.165, 1.54) is 70.2 Å². The molecule has 0 unspecified atom stereocenters. The highest BCUT2D eigenvalue weighted by Gasteiger charge is 2.56. The first-order chi connectivity index (χ1) is 12.6. The fraction of sp³-hybridized carbons (Fsp3) is 0.818. The van der Waals surface area contributed by atoms with E-state index in [0.29, 0.717) is 5.41 Å². The van der Waals surface area contributed by atoms with Gasteiger partial charge in [0.2, 0.25) is 0 Å². The third-order valence-electron chi connectivity index (χ3n) is 8.98. The second-order valence-electron chi connectivity index (χ2n) is 9.95. The van der Waals surface area contributed by atoms with E-state index in [1.54, 1.807) is 0 Å². The van der Waals surface area contributed by atoms with Crippen LogP contribution in [0.3, 0.4) is 0 Å². The Bertz CT molecular complexity index is 680. The van der Waals surface area contributed by atoms with Gasteiger partial charge in [-0.05, 0) is 87.1 Å². The van der Waals surface area contributed by atoms with Gasteiger partial charge in [-0.2, -0.15) is 0 Å². The molecule has 0 bridgehead atoms. The molecular weight excluding hydrogens is 320 g/mol. The second kappa shape index (κ2) is 6.19. The fourth-order valence-electron chi connectivity index (χ4n) is 7.57. The molecule has 4 aliphatic rings. The summed E-state index contributed by atoms with van der Waals surface area (Å²) in [4.78, 5) is 0. The lowest BCUT2D eigenvalue weighted by molar-refractivity contribution is -0.0293. The van der Waals surface area contributed by atoms with Gasteiger partial charge in [0.1, 0.15) is 0 Å². The average Bonchev–Trinajstić information content (AvgIpc) is 3.18. The number of nitrogens with one attached hydrogen (secondary N) is 1. The van der Waals surface area contributed by atoms with Crippen molar-refractivity contribution in [2.45, 2.75) is 65.2 Å². The smallest absolute Gasteiger partial charge is 0.0697 e. The van der Waals surface area contributed by atoms with E-state index in [2.05, 4.69) is 40.2 Å². The molecule has 1 aromatic heterocycles. The zero-order chi connectivity index (χ0) is 17.8. The van der Waals surface area contributed by atoms with E-state index in [0.717, 1.165) is 23.7 Å². The second-order valence-corrected chi connectivity index (χ2v) is 9.95. The largest absolute Gasteiger partial charge is 0.316 e. The minimum Gasteiger partial charge on any atom is -0.316 e. The van der Waals surface area contributed by atoms with E-state index in [-0.39, 0.29) is 5.41 Å². The van der Waals surface area contributed by atoms with Crippen molar-refractivity contribution in [3.05, 3.63) is 18.5 Å². The lowest BCUT2D eigenvalue weighted by Gasteiger charge is -2.54. The molecule has 5 rings (SSSR count). The van der Waals surface area contributed by atoms with Crippen LogP contribution in [0.2, 0.25) is 0 Å². The Morgan fingerprint density at radius 2 is 2.04 bits per heavy atom. The highest BCUT2D eigenvalue weighted by Crippen LogP contribution is 2.64. The topological polar surface area (TPSA) is 42.7 Å². The molecule has 0 spiro atoms. The normalized spacial score (nSPS) is 45.7. The molecule has 0 amide bonds. The van der Waals surface area contributed by atoms with Crippen LogP contribution in [0.4, 0.5) is 0 Å². The van der Waals surface area contributed by atoms with Crippen LogP contribution in [-0.2, 0) is 0 Å². The molecule has 1 saturated heterocycles. The quantitative estimate of drug-likeness (QED) is 0.815. The van der Waals surface area contributed by atoms with Gasteiger partial charge in [0.15, 0.2) is 0 Å². The molecule has 0 radical (unpaired) electrons. The predicted molar refractivity (Wildman–Crippen MR) is 104 cm³/mol. The van der Waals surface area contributed by atoms with Crippen molar-refractivity contribution in [2.24, 2.45) is 34.5 Å². The number of nitrogens with zero attached hydrogens (tertiary/aromatic N) is 3. The molecular formula is C22H34N4. The van der Waals surface area contributed by atoms with Crippen molar-refractivity contribution >= 4 is 5.70 Å². The Kier molecular flexibility index (Phi) is 4.04. The Morgan fingerprint density at radius 1 is 1.12 bits per heavy atom. The number of hydrogen-bond acceptors (Lipinski definition) is 3. The van der Waals surface area contributed by atoms with Crippen molar-refractivity contribution in [3.63, 3.8) is 0 Å². The Morgan fingerprint density at radius 3 is 2.88 bits per heavy atom. The van der Waals surface area contributed by atoms with Gasteiger partial charge in [0.05, 0.1) is 12.4 Å². The third kappa shape index (κ3) is 2.37. The van der Waals surface area contributed by atoms with Crippen LogP contribution in [0, 0.1) is 34.5 Å². The van der Waals surface area contributed by atoms with Gasteiger partial charge in [0, 0.05) is 11.1 Å². The predicted octanol–water partition coefficient (Wildman–Crippen LogP) is 4.36. The Balaban J connectivity index is 1.48. The highest BCUT2D eigenvalue weighted by atomic mass is 15.4. The zero-order valence-corrected chi connectivity index (χ0v) is 16.5. The number of rotatable bonds is 1. The third-order valence-corrected chi connectivity index (χ3v) is 8.98. The van der Waals surface area contributed by atoms with Crippen LogP contribution in [0.5, 0.6) is 0 Å². The number of hydrogen-bond donors (Lipinski definition) is 1. The molecule has 2 heterocycles. The van der Waals surface area contributed by atoms with Gasteiger partial charge in [-0.25, -0.2) is 4.68 Å². The molecule has 1 N–H and O–H groups in total.